The molecule has 0 unspecified atom stereocenters. The van der Waals surface area contributed by atoms with Crippen molar-refractivity contribution in [2.24, 2.45) is 0 Å². The predicted molar refractivity (Wildman–Crippen MR) is 80.7 cm³/mol. The lowest BCUT2D eigenvalue weighted by Gasteiger charge is -2.10. The molecule has 114 valence electrons. The summed E-state index contributed by atoms with van der Waals surface area (Å²) in [6.45, 7) is 5.25. The molecule has 0 aliphatic heterocycles. The molecule has 2 rings (SSSR count). The van der Waals surface area contributed by atoms with Crippen molar-refractivity contribution in [3.05, 3.63) is 69.7 Å². The lowest BCUT2D eigenvalue weighted by Crippen LogP contribution is -2.35. The molecule has 0 N–H and O–H groups in total. The van der Waals surface area contributed by atoms with Crippen LogP contribution in [0.25, 0.3) is 0 Å². The van der Waals surface area contributed by atoms with Gasteiger partial charge in [-0.3, -0.25) is 4.79 Å². The molecule has 0 aliphatic carbocycles. The smallest absolute Gasteiger partial charge is 0.405 e. The van der Waals surface area contributed by atoms with E-state index in [9.17, 15) is 14.8 Å². The van der Waals surface area contributed by atoms with E-state index in [1.165, 1.54) is 18.3 Å². The van der Waals surface area contributed by atoms with E-state index in [0.29, 0.717) is 10.3 Å². The first-order valence-corrected chi connectivity index (χ1v) is 6.86. The average molecular weight is 299 g/mol. The van der Waals surface area contributed by atoms with E-state index in [1.807, 2.05) is 32.9 Å². The SMILES string of the molecule is Cc1cc(C)c(C(=O)COC(=O)c2cccc[n+]2[O-])c(C)c1. The molecule has 0 fully saturated rings. The molecule has 5 nitrogen and oxygen atoms in total. The second kappa shape index (κ2) is 6.39. The van der Waals surface area contributed by atoms with E-state index in [0.717, 1.165) is 16.7 Å². The number of carbonyl (C=O) groups excluding carboxylic acids is 2. The van der Waals surface area contributed by atoms with Crippen molar-refractivity contribution in [1.29, 1.82) is 0 Å². The zero-order valence-electron chi connectivity index (χ0n) is 12.8. The number of rotatable bonds is 4. The first-order chi connectivity index (χ1) is 10.4. The summed E-state index contributed by atoms with van der Waals surface area (Å²) in [7, 11) is 0. The Labute approximate surface area is 128 Å². The van der Waals surface area contributed by atoms with Crippen LogP contribution in [0.15, 0.2) is 36.5 Å². The monoisotopic (exact) mass is 299 g/mol. The van der Waals surface area contributed by atoms with Gasteiger partial charge < -0.3 is 9.94 Å². The van der Waals surface area contributed by atoms with Crippen LogP contribution >= 0.6 is 0 Å². The fourth-order valence-corrected chi connectivity index (χ4v) is 2.48. The first-order valence-electron chi connectivity index (χ1n) is 6.86. The molecule has 0 saturated carbocycles. The van der Waals surface area contributed by atoms with Crippen molar-refractivity contribution in [2.45, 2.75) is 20.8 Å². The number of nitrogens with zero attached hydrogens (tertiary/aromatic N) is 1. The molecular weight excluding hydrogens is 282 g/mol. The maximum Gasteiger partial charge on any atom is 0.405 e. The molecule has 1 aromatic carbocycles. The lowest BCUT2D eigenvalue weighted by atomic mass is 9.97. The zero-order chi connectivity index (χ0) is 16.3. The summed E-state index contributed by atoms with van der Waals surface area (Å²) in [5.74, 6) is -1.09. The zero-order valence-corrected chi connectivity index (χ0v) is 12.8. The van der Waals surface area contributed by atoms with Gasteiger partial charge in [0.1, 0.15) is 0 Å². The van der Waals surface area contributed by atoms with Crippen molar-refractivity contribution in [1.82, 2.24) is 0 Å². The Bertz CT molecular complexity index is 714. The quantitative estimate of drug-likeness (QED) is 0.376. The van der Waals surface area contributed by atoms with Gasteiger partial charge in [-0.2, -0.15) is 4.73 Å². The number of esters is 1. The summed E-state index contributed by atoms with van der Waals surface area (Å²) in [6.07, 6.45) is 1.20. The number of aromatic nitrogens is 1. The first kappa shape index (κ1) is 15.7. The van der Waals surface area contributed by atoms with Gasteiger partial charge in [-0.05, 0) is 38.0 Å². The summed E-state index contributed by atoms with van der Waals surface area (Å²) in [4.78, 5) is 24.1. The molecule has 0 spiro atoms. The summed E-state index contributed by atoms with van der Waals surface area (Å²) >= 11 is 0. The number of hydrogen-bond donors (Lipinski definition) is 0. The molecule has 0 atom stereocenters. The number of hydrogen-bond acceptors (Lipinski definition) is 4. The fraction of sp³-hybridized carbons (Fsp3) is 0.235. The Morgan fingerprint density at radius 3 is 2.36 bits per heavy atom. The number of carbonyl (C=O) groups is 2. The third-order valence-corrected chi connectivity index (χ3v) is 3.32. The highest BCUT2D eigenvalue weighted by atomic mass is 16.5. The highest BCUT2D eigenvalue weighted by Gasteiger charge is 2.20. The van der Waals surface area contributed by atoms with E-state index in [1.54, 1.807) is 6.07 Å². The van der Waals surface area contributed by atoms with Crippen LogP contribution in [0.3, 0.4) is 0 Å². The predicted octanol–water partition coefficient (Wildman–Crippen LogP) is 2.28. The minimum atomic E-state index is -0.814. The second-order valence-electron chi connectivity index (χ2n) is 5.18. The van der Waals surface area contributed by atoms with E-state index in [-0.39, 0.29) is 11.5 Å². The van der Waals surface area contributed by atoms with Crippen molar-refractivity contribution in [2.75, 3.05) is 6.61 Å². The van der Waals surface area contributed by atoms with Crippen molar-refractivity contribution < 1.29 is 19.1 Å². The van der Waals surface area contributed by atoms with Crippen LogP contribution in [0.2, 0.25) is 0 Å². The van der Waals surface area contributed by atoms with E-state index in [4.69, 9.17) is 4.74 Å². The Hall–Kier alpha value is -2.69. The summed E-state index contributed by atoms with van der Waals surface area (Å²) < 4.78 is 5.37. The number of Topliss-reactive ketones (excluding diaryl/α,β-unsaturated/α-hetero) is 1. The normalized spacial score (nSPS) is 10.3. The van der Waals surface area contributed by atoms with E-state index in [2.05, 4.69) is 0 Å². The largest absolute Gasteiger partial charge is 0.618 e. The number of ether oxygens (including phenoxy) is 1. The molecule has 0 aliphatic rings. The average Bonchev–Trinajstić information content (AvgIpc) is 2.44. The maximum atomic E-state index is 12.3. The van der Waals surface area contributed by atoms with Gasteiger partial charge in [0.2, 0.25) is 5.78 Å². The Balaban J connectivity index is 2.11. The molecule has 5 heteroatoms. The van der Waals surface area contributed by atoms with Crippen LogP contribution in [0.1, 0.15) is 37.5 Å². The fourth-order valence-electron chi connectivity index (χ4n) is 2.48. The van der Waals surface area contributed by atoms with Crippen molar-refractivity contribution in [3.63, 3.8) is 0 Å². The molecule has 0 bridgehead atoms. The van der Waals surface area contributed by atoms with Gasteiger partial charge in [-0.1, -0.05) is 17.7 Å². The highest BCUT2D eigenvalue weighted by molar-refractivity contribution is 6.01. The molecule has 1 aromatic heterocycles. The number of aryl methyl sites for hydroxylation is 3. The van der Waals surface area contributed by atoms with Crippen LogP contribution in [0.4, 0.5) is 0 Å². The van der Waals surface area contributed by atoms with Crippen LogP contribution in [-0.2, 0) is 4.74 Å². The van der Waals surface area contributed by atoms with Crippen molar-refractivity contribution >= 4 is 11.8 Å². The third-order valence-electron chi connectivity index (χ3n) is 3.32. The number of benzene rings is 1. The van der Waals surface area contributed by atoms with Gasteiger partial charge in [0.15, 0.2) is 12.8 Å². The topological polar surface area (TPSA) is 70.3 Å². The van der Waals surface area contributed by atoms with Crippen LogP contribution < -0.4 is 4.73 Å². The van der Waals surface area contributed by atoms with Crippen LogP contribution in [0, 0.1) is 26.0 Å². The maximum absolute atomic E-state index is 12.3. The highest BCUT2D eigenvalue weighted by Crippen LogP contribution is 2.17. The molecule has 0 radical (unpaired) electrons. The molecule has 0 amide bonds. The molecule has 22 heavy (non-hydrogen) atoms. The Kier molecular flexibility index (Phi) is 4.56. The minimum absolute atomic E-state index is 0.146. The molecule has 2 aromatic rings. The van der Waals surface area contributed by atoms with Crippen LogP contribution in [0.5, 0.6) is 0 Å². The van der Waals surface area contributed by atoms with Gasteiger partial charge >= 0.3 is 11.7 Å². The van der Waals surface area contributed by atoms with Gasteiger partial charge in [0.25, 0.3) is 0 Å². The second-order valence-corrected chi connectivity index (χ2v) is 5.18. The summed E-state index contributed by atoms with van der Waals surface area (Å²) in [5, 5.41) is 11.5. The van der Waals surface area contributed by atoms with Gasteiger partial charge in [0.05, 0.1) is 0 Å². The van der Waals surface area contributed by atoms with E-state index >= 15 is 0 Å². The number of pyridine rings is 1. The third kappa shape index (κ3) is 3.31. The van der Waals surface area contributed by atoms with Gasteiger partial charge in [-0.15, -0.1) is 0 Å². The molecule has 1 heterocycles. The molecular formula is C17H17NO4. The number of ketones is 1. The van der Waals surface area contributed by atoms with Crippen LogP contribution in [-0.4, -0.2) is 18.4 Å². The lowest BCUT2D eigenvalue weighted by molar-refractivity contribution is -0.608. The summed E-state index contributed by atoms with van der Waals surface area (Å²) in [6, 6.07) is 8.23. The Morgan fingerprint density at radius 1 is 1.14 bits per heavy atom. The van der Waals surface area contributed by atoms with Gasteiger partial charge in [-0.25, -0.2) is 4.79 Å². The standard InChI is InChI=1S/C17H17NO4/c1-11-8-12(2)16(13(3)9-11)15(19)10-22-17(20)14-6-4-5-7-18(14)21/h4-9H,10H2,1-3H3. The van der Waals surface area contributed by atoms with Gasteiger partial charge in [0, 0.05) is 17.7 Å². The minimum Gasteiger partial charge on any atom is -0.618 e. The molecule has 0 saturated heterocycles. The Morgan fingerprint density at radius 2 is 1.77 bits per heavy atom. The summed E-state index contributed by atoms with van der Waals surface area (Å²) in [5.41, 5.74) is 3.17. The van der Waals surface area contributed by atoms with Crippen molar-refractivity contribution in [3.8, 4) is 0 Å². The van der Waals surface area contributed by atoms with E-state index < -0.39 is 12.6 Å².